The van der Waals surface area contributed by atoms with Crippen LogP contribution < -0.4 is 5.32 Å². The van der Waals surface area contributed by atoms with E-state index >= 15 is 0 Å². The number of hydrogen-bond donors (Lipinski definition) is 1. The van der Waals surface area contributed by atoms with Crippen molar-refractivity contribution in [3.8, 4) is 10.6 Å². The topological polar surface area (TPSA) is 37.8 Å². The molecule has 0 spiro atoms. The lowest BCUT2D eigenvalue weighted by molar-refractivity contribution is 0.476. The maximum absolute atomic E-state index is 4.87. The van der Waals surface area contributed by atoms with Gasteiger partial charge in [0.05, 0.1) is 5.69 Å². The first-order chi connectivity index (χ1) is 9.29. The minimum absolute atomic E-state index is 0.502. The van der Waals surface area contributed by atoms with Crippen molar-refractivity contribution in [1.29, 1.82) is 0 Å². The van der Waals surface area contributed by atoms with Crippen LogP contribution in [0.1, 0.15) is 41.9 Å². The van der Waals surface area contributed by atoms with E-state index in [2.05, 4.69) is 30.2 Å². The molecule has 1 unspecified atom stereocenters. The van der Waals surface area contributed by atoms with Crippen LogP contribution in [0.4, 0.5) is 0 Å². The Morgan fingerprint density at radius 1 is 1.47 bits per heavy atom. The van der Waals surface area contributed by atoms with Crippen molar-refractivity contribution in [1.82, 2.24) is 15.3 Å². The van der Waals surface area contributed by atoms with Gasteiger partial charge in [-0.25, -0.2) is 4.98 Å². The van der Waals surface area contributed by atoms with Gasteiger partial charge in [0.15, 0.2) is 0 Å². The van der Waals surface area contributed by atoms with Gasteiger partial charge in [-0.05, 0) is 44.4 Å². The Bertz CT molecular complexity index is 577. The summed E-state index contributed by atoms with van der Waals surface area (Å²) < 4.78 is 0. The molecule has 0 radical (unpaired) electrons. The van der Waals surface area contributed by atoms with E-state index in [4.69, 9.17) is 4.98 Å². The summed E-state index contributed by atoms with van der Waals surface area (Å²) in [6.45, 7) is 5.29. The Labute approximate surface area is 118 Å². The summed E-state index contributed by atoms with van der Waals surface area (Å²) in [5, 5.41) is 4.73. The Morgan fingerprint density at radius 2 is 2.37 bits per heavy atom. The third-order valence-corrected chi connectivity index (χ3v) is 4.90. The molecule has 0 saturated carbocycles. The highest BCUT2D eigenvalue weighted by Crippen LogP contribution is 2.38. The van der Waals surface area contributed by atoms with Crippen molar-refractivity contribution >= 4 is 11.3 Å². The first kappa shape index (κ1) is 12.8. The Kier molecular flexibility index (Phi) is 3.62. The fourth-order valence-electron chi connectivity index (χ4n) is 2.69. The second-order valence-corrected chi connectivity index (χ2v) is 6.05. The van der Waals surface area contributed by atoms with E-state index in [0.717, 1.165) is 18.0 Å². The van der Waals surface area contributed by atoms with E-state index in [-0.39, 0.29) is 0 Å². The van der Waals surface area contributed by atoms with Gasteiger partial charge in [-0.3, -0.25) is 4.98 Å². The normalized spacial score (nSPS) is 18.3. The second kappa shape index (κ2) is 5.39. The van der Waals surface area contributed by atoms with Crippen molar-refractivity contribution < 1.29 is 0 Å². The molecule has 100 valence electrons. The zero-order valence-corrected chi connectivity index (χ0v) is 12.3. The Hall–Kier alpha value is -1.26. The van der Waals surface area contributed by atoms with Gasteiger partial charge in [0, 0.05) is 28.9 Å². The fourth-order valence-corrected chi connectivity index (χ4v) is 4.00. The summed E-state index contributed by atoms with van der Waals surface area (Å²) >= 11 is 1.85. The maximum Gasteiger partial charge on any atom is 0.124 e. The van der Waals surface area contributed by atoms with Crippen LogP contribution in [0.5, 0.6) is 0 Å². The molecular formula is C15H19N3S. The van der Waals surface area contributed by atoms with Gasteiger partial charge in [0.1, 0.15) is 5.01 Å². The molecule has 1 N–H and O–H groups in total. The number of pyridine rings is 1. The molecule has 2 heterocycles. The highest BCUT2D eigenvalue weighted by Gasteiger charge is 2.24. The van der Waals surface area contributed by atoms with Crippen LogP contribution in [0, 0.1) is 6.92 Å². The van der Waals surface area contributed by atoms with Gasteiger partial charge in [0.25, 0.3) is 0 Å². The zero-order valence-electron chi connectivity index (χ0n) is 11.4. The van der Waals surface area contributed by atoms with E-state index in [1.807, 2.05) is 23.7 Å². The van der Waals surface area contributed by atoms with Gasteiger partial charge in [-0.1, -0.05) is 6.92 Å². The van der Waals surface area contributed by atoms with Crippen LogP contribution in [-0.4, -0.2) is 16.5 Å². The average molecular weight is 273 g/mol. The summed E-state index contributed by atoms with van der Waals surface area (Å²) in [5.41, 5.74) is 3.73. The van der Waals surface area contributed by atoms with Crippen LogP contribution in [-0.2, 0) is 6.42 Å². The minimum atomic E-state index is 0.502. The molecule has 0 fully saturated rings. The highest BCUT2D eigenvalue weighted by molar-refractivity contribution is 7.15. The minimum Gasteiger partial charge on any atom is -0.309 e. The molecule has 1 atom stereocenters. The molecule has 2 aromatic rings. The van der Waals surface area contributed by atoms with Gasteiger partial charge in [0.2, 0.25) is 0 Å². The number of hydrogen-bond acceptors (Lipinski definition) is 4. The standard InChI is InChI=1S/C15H19N3S/c1-3-17-12-5-4-6-13-14(12)19-15(18-13)11-7-8-16-9-10(11)2/h7-9,12,17H,3-6H2,1-2H3. The molecule has 2 aromatic heterocycles. The molecule has 0 amide bonds. The monoisotopic (exact) mass is 273 g/mol. The maximum atomic E-state index is 4.87. The van der Waals surface area contributed by atoms with E-state index in [9.17, 15) is 0 Å². The highest BCUT2D eigenvalue weighted by atomic mass is 32.1. The van der Waals surface area contributed by atoms with Crippen molar-refractivity contribution in [3.63, 3.8) is 0 Å². The van der Waals surface area contributed by atoms with Crippen molar-refractivity contribution in [2.75, 3.05) is 6.54 Å². The first-order valence-corrected chi connectivity index (χ1v) is 7.75. The smallest absolute Gasteiger partial charge is 0.124 e. The van der Waals surface area contributed by atoms with Crippen LogP contribution in [0.15, 0.2) is 18.5 Å². The molecular weight excluding hydrogens is 254 g/mol. The largest absolute Gasteiger partial charge is 0.309 e. The number of thiazole rings is 1. The lowest BCUT2D eigenvalue weighted by Gasteiger charge is -2.21. The summed E-state index contributed by atoms with van der Waals surface area (Å²) in [6, 6.07) is 2.57. The molecule has 0 saturated heterocycles. The molecule has 3 rings (SSSR count). The first-order valence-electron chi connectivity index (χ1n) is 6.93. The van der Waals surface area contributed by atoms with E-state index in [1.54, 1.807) is 0 Å². The number of nitrogens with one attached hydrogen (secondary N) is 1. The summed E-state index contributed by atoms with van der Waals surface area (Å²) in [6.07, 6.45) is 7.36. The van der Waals surface area contributed by atoms with Crippen molar-refractivity contribution in [3.05, 3.63) is 34.6 Å². The van der Waals surface area contributed by atoms with E-state index < -0.39 is 0 Å². The summed E-state index contributed by atoms with van der Waals surface area (Å²) in [4.78, 5) is 10.5. The van der Waals surface area contributed by atoms with E-state index in [1.165, 1.54) is 34.5 Å². The van der Waals surface area contributed by atoms with Crippen LogP contribution in [0.3, 0.4) is 0 Å². The molecule has 0 bridgehead atoms. The SMILES string of the molecule is CCNC1CCCc2nc(-c3ccncc3C)sc21. The molecule has 4 heteroatoms. The second-order valence-electron chi connectivity index (χ2n) is 5.02. The molecule has 1 aliphatic carbocycles. The number of fused-ring (bicyclic) bond motifs is 1. The molecule has 3 nitrogen and oxygen atoms in total. The number of aryl methyl sites for hydroxylation is 2. The Balaban J connectivity index is 2.00. The fraction of sp³-hybridized carbons (Fsp3) is 0.467. The third kappa shape index (κ3) is 2.42. The van der Waals surface area contributed by atoms with Gasteiger partial charge < -0.3 is 5.32 Å². The number of rotatable bonds is 3. The number of aromatic nitrogens is 2. The molecule has 19 heavy (non-hydrogen) atoms. The predicted octanol–water partition coefficient (Wildman–Crippen LogP) is 3.50. The molecule has 1 aliphatic rings. The molecule has 0 aliphatic heterocycles. The van der Waals surface area contributed by atoms with Gasteiger partial charge in [-0.15, -0.1) is 11.3 Å². The number of nitrogens with zero attached hydrogens (tertiary/aromatic N) is 2. The van der Waals surface area contributed by atoms with Gasteiger partial charge in [-0.2, -0.15) is 0 Å². The van der Waals surface area contributed by atoms with E-state index in [0.29, 0.717) is 6.04 Å². The van der Waals surface area contributed by atoms with Gasteiger partial charge >= 0.3 is 0 Å². The summed E-state index contributed by atoms with van der Waals surface area (Å²) in [5.74, 6) is 0. The van der Waals surface area contributed by atoms with Crippen LogP contribution >= 0.6 is 11.3 Å². The summed E-state index contributed by atoms with van der Waals surface area (Å²) in [7, 11) is 0. The zero-order chi connectivity index (χ0) is 13.2. The van der Waals surface area contributed by atoms with Crippen LogP contribution in [0.25, 0.3) is 10.6 Å². The van der Waals surface area contributed by atoms with Crippen molar-refractivity contribution in [2.24, 2.45) is 0 Å². The Morgan fingerprint density at radius 3 is 3.16 bits per heavy atom. The molecule has 0 aromatic carbocycles. The lowest BCUT2D eigenvalue weighted by atomic mass is 9.98. The lowest BCUT2D eigenvalue weighted by Crippen LogP contribution is -2.23. The predicted molar refractivity (Wildman–Crippen MR) is 79.4 cm³/mol. The quantitative estimate of drug-likeness (QED) is 0.930. The third-order valence-electron chi connectivity index (χ3n) is 3.65. The average Bonchev–Trinajstić information content (AvgIpc) is 2.84. The van der Waals surface area contributed by atoms with Crippen LogP contribution in [0.2, 0.25) is 0 Å². The van der Waals surface area contributed by atoms with Crippen molar-refractivity contribution in [2.45, 2.75) is 39.2 Å².